The normalized spacial score (nSPS) is 16.0. The van der Waals surface area contributed by atoms with Crippen LogP contribution in [0.5, 0.6) is 0 Å². The van der Waals surface area contributed by atoms with E-state index in [0.29, 0.717) is 18.5 Å². The van der Waals surface area contributed by atoms with Gasteiger partial charge in [-0.05, 0) is 24.3 Å². The van der Waals surface area contributed by atoms with E-state index in [2.05, 4.69) is 17.2 Å². The average molecular weight is 308 g/mol. The topological polar surface area (TPSA) is 86.7 Å². The fraction of sp³-hybridized carbons (Fsp3) is 0.357. The van der Waals surface area contributed by atoms with Gasteiger partial charge in [0.25, 0.3) is 0 Å². The second-order valence-electron chi connectivity index (χ2n) is 4.49. The van der Waals surface area contributed by atoms with Gasteiger partial charge in [-0.15, -0.1) is 0 Å². The van der Waals surface area contributed by atoms with Gasteiger partial charge in [0.05, 0.1) is 18.0 Å². The monoisotopic (exact) mass is 308 g/mol. The van der Waals surface area contributed by atoms with Gasteiger partial charge in [0, 0.05) is 25.1 Å². The van der Waals surface area contributed by atoms with Crippen molar-refractivity contribution in [3.63, 3.8) is 0 Å². The van der Waals surface area contributed by atoms with Crippen LogP contribution in [0.25, 0.3) is 0 Å². The van der Waals surface area contributed by atoms with Crippen molar-refractivity contribution >= 4 is 15.9 Å². The van der Waals surface area contributed by atoms with Crippen molar-refractivity contribution in [3.8, 4) is 11.8 Å². The van der Waals surface area contributed by atoms with Crippen LogP contribution in [0.4, 0.5) is 0 Å². The molecule has 1 saturated heterocycles. The van der Waals surface area contributed by atoms with Gasteiger partial charge in [-0.25, -0.2) is 8.42 Å². The highest BCUT2D eigenvalue weighted by atomic mass is 32.2. The molecule has 0 aromatic heterocycles. The minimum atomic E-state index is -3.65. The molecule has 1 heterocycles. The summed E-state index contributed by atoms with van der Waals surface area (Å²) in [5.41, 5.74) is 0.679. The van der Waals surface area contributed by atoms with Crippen LogP contribution in [0.15, 0.2) is 29.2 Å². The minimum Gasteiger partial charge on any atom is -0.395 e. The zero-order valence-electron chi connectivity index (χ0n) is 11.4. The van der Waals surface area contributed by atoms with Crippen molar-refractivity contribution in [3.05, 3.63) is 29.8 Å². The van der Waals surface area contributed by atoms with Crippen LogP contribution in [0.1, 0.15) is 12.0 Å². The first-order valence-corrected chi connectivity index (χ1v) is 7.94. The second-order valence-corrected chi connectivity index (χ2v) is 6.43. The van der Waals surface area contributed by atoms with Crippen LogP contribution in [-0.2, 0) is 14.8 Å². The summed E-state index contributed by atoms with van der Waals surface area (Å²) in [6.45, 7) is 0.436. The number of rotatable bonds is 3. The summed E-state index contributed by atoms with van der Waals surface area (Å²) in [5.74, 6) is 5.30. The van der Waals surface area contributed by atoms with Crippen molar-refractivity contribution in [1.82, 2.24) is 9.62 Å². The van der Waals surface area contributed by atoms with Crippen molar-refractivity contribution in [2.24, 2.45) is 0 Å². The fourth-order valence-corrected chi connectivity index (χ4v) is 3.30. The molecule has 2 rings (SSSR count). The number of sulfonamides is 1. The van der Waals surface area contributed by atoms with E-state index < -0.39 is 10.0 Å². The van der Waals surface area contributed by atoms with E-state index in [1.54, 1.807) is 12.1 Å². The minimum absolute atomic E-state index is 0.00349. The van der Waals surface area contributed by atoms with Crippen LogP contribution in [0.2, 0.25) is 0 Å². The summed E-state index contributed by atoms with van der Waals surface area (Å²) in [7, 11) is -3.65. The second kappa shape index (κ2) is 6.72. The van der Waals surface area contributed by atoms with Gasteiger partial charge in [0.1, 0.15) is 0 Å². The molecule has 0 saturated carbocycles. The van der Waals surface area contributed by atoms with Crippen LogP contribution >= 0.6 is 0 Å². The first-order chi connectivity index (χ1) is 10.0. The number of carbonyl (C=O) groups excluding carboxylic acids is 1. The highest BCUT2D eigenvalue weighted by Gasteiger charge is 2.28. The zero-order valence-corrected chi connectivity index (χ0v) is 12.2. The Hall–Kier alpha value is -1.88. The van der Waals surface area contributed by atoms with Crippen molar-refractivity contribution < 1.29 is 18.3 Å². The molecule has 0 aliphatic carbocycles. The maximum Gasteiger partial charge on any atom is 0.243 e. The van der Waals surface area contributed by atoms with Crippen LogP contribution in [0, 0.1) is 11.8 Å². The van der Waals surface area contributed by atoms with Crippen molar-refractivity contribution in [2.75, 3.05) is 26.2 Å². The Bertz CT molecular complexity index is 671. The molecule has 6 nitrogen and oxygen atoms in total. The zero-order chi connectivity index (χ0) is 15.3. The van der Waals surface area contributed by atoms with Gasteiger partial charge < -0.3 is 10.4 Å². The third-order valence-corrected chi connectivity index (χ3v) is 4.82. The van der Waals surface area contributed by atoms with Crippen molar-refractivity contribution in [2.45, 2.75) is 11.3 Å². The quantitative estimate of drug-likeness (QED) is 0.740. The number of aliphatic hydroxyl groups is 1. The summed E-state index contributed by atoms with van der Waals surface area (Å²) in [4.78, 5) is 11.4. The summed E-state index contributed by atoms with van der Waals surface area (Å²) in [6, 6.07) is 6.18. The highest BCUT2D eigenvalue weighted by Crippen LogP contribution is 2.16. The largest absolute Gasteiger partial charge is 0.395 e. The lowest BCUT2D eigenvalue weighted by atomic mass is 10.2. The number of nitrogens with zero attached hydrogens (tertiary/aromatic N) is 1. The van der Waals surface area contributed by atoms with Gasteiger partial charge in [0.2, 0.25) is 15.9 Å². The molecule has 0 atom stereocenters. The lowest BCUT2D eigenvalue weighted by molar-refractivity contribution is -0.122. The number of carbonyl (C=O) groups is 1. The van der Waals surface area contributed by atoms with E-state index in [0.717, 1.165) is 4.31 Å². The Morgan fingerprint density at radius 2 is 2.00 bits per heavy atom. The summed E-state index contributed by atoms with van der Waals surface area (Å²) >= 11 is 0. The van der Waals surface area contributed by atoms with E-state index in [-0.39, 0.29) is 30.5 Å². The molecule has 7 heteroatoms. The third kappa shape index (κ3) is 3.82. The van der Waals surface area contributed by atoms with E-state index in [1.807, 2.05) is 0 Å². The predicted molar refractivity (Wildman–Crippen MR) is 76.8 cm³/mol. The molecular formula is C14H16N2O4S. The molecule has 1 amide bonds. The maximum atomic E-state index is 12.4. The molecule has 0 bridgehead atoms. The van der Waals surface area contributed by atoms with Crippen LogP contribution < -0.4 is 5.32 Å². The molecule has 2 N–H and O–H groups in total. The van der Waals surface area contributed by atoms with E-state index in [4.69, 9.17) is 5.11 Å². The summed E-state index contributed by atoms with van der Waals surface area (Å²) < 4.78 is 25.9. The molecule has 21 heavy (non-hydrogen) atoms. The SMILES string of the molecule is O=C1CN(S(=O)(=O)c2ccc(C#CCCO)cc2)CCN1. The molecule has 1 aromatic carbocycles. The van der Waals surface area contributed by atoms with Gasteiger partial charge in [-0.2, -0.15) is 4.31 Å². The molecular weight excluding hydrogens is 292 g/mol. The lowest BCUT2D eigenvalue weighted by Crippen LogP contribution is -2.49. The number of benzene rings is 1. The molecule has 0 unspecified atom stereocenters. The lowest BCUT2D eigenvalue weighted by Gasteiger charge is -2.25. The molecule has 1 aliphatic heterocycles. The number of aliphatic hydroxyl groups excluding tert-OH is 1. The van der Waals surface area contributed by atoms with Gasteiger partial charge in [-0.3, -0.25) is 4.79 Å². The number of amides is 1. The van der Waals surface area contributed by atoms with Crippen LogP contribution in [0.3, 0.4) is 0 Å². The summed E-state index contributed by atoms with van der Waals surface area (Å²) in [5, 5.41) is 11.2. The molecule has 0 spiro atoms. The number of nitrogens with one attached hydrogen (secondary N) is 1. The number of piperazine rings is 1. The van der Waals surface area contributed by atoms with Crippen LogP contribution in [-0.4, -0.2) is 50.0 Å². The molecule has 0 radical (unpaired) electrons. The predicted octanol–water partition coefficient (Wildman–Crippen LogP) is -0.459. The Morgan fingerprint density at radius 3 is 2.62 bits per heavy atom. The first-order valence-electron chi connectivity index (χ1n) is 6.50. The third-order valence-electron chi connectivity index (χ3n) is 2.96. The Morgan fingerprint density at radius 1 is 1.29 bits per heavy atom. The van der Waals surface area contributed by atoms with E-state index in [1.165, 1.54) is 12.1 Å². The highest BCUT2D eigenvalue weighted by molar-refractivity contribution is 7.89. The van der Waals surface area contributed by atoms with Gasteiger partial charge in [0.15, 0.2) is 0 Å². The van der Waals surface area contributed by atoms with Gasteiger partial charge >= 0.3 is 0 Å². The average Bonchev–Trinajstić information content (AvgIpc) is 2.48. The smallest absolute Gasteiger partial charge is 0.243 e. The maximum absolute atomic E-state index is 12.4. The molecule has 1 fully saturated rings. The molecule has 1 aliphatic rings. The number of hydrogen-bond acceptors (Lipinski definition) is 4. The molecule has 1 aromatic rings. The standard InChI is InChI=1S/C14H16N2O4S/c17-10-2-1-3-12-4-6-13(7-5-12)21(19,20)16-9-8-15-14(18)11-16/h4-7,17H,2,8-11H2,(H,15,18). The Kier molecular flexibility index (Phi) is 4.96. The van der Waals surface area contributed by atoms with E-state index in [9.17, 15) is 13.2 Å². The van der Waals surface area contributed by atoms with Crippen molar-refractivity contribution in [1.29, 1.82) is 0 Å². The first kappa shape index (κ1) is 15.5. The summed E-state index contributed by atoms with van der Waals surface area (Å²) in [6.07, 6.45) is 0.378. The fourth-order valence-electron chi connectivity index (χ4n) is 1.90. The number of hydrogen-bond donors (Lipinski definition) is 2. The Labute approximate surface area is 123 Å². The van der Waals surface area contributed by atoms with E-state index >= 15 is 0 Å². The Balaban J connectivity index is 2.17. The molecule has 112 valence electrons. The van der Waals surface area contributed by atoms with Gasteiger partial charge in [-0.1, -0.05) is 11.8 Å².